The van der Waals surface area contributed by atoms with Gasteiger partial charge in [-0.1, -0.05) is 20.8 Å². The van der Waals surface area contributed by atoms with Gasteiger partial charge in [0.2, 0.25) is 5.91 Å². The van der Waals surface area contributed by atoms with Crippen molar-refractivity contribution in [2.24, 2.45) is 10.9 Å². The Balaban J connectivity index is 1.76. The summed E-state index contributed by atoms with van der Waals surface area (Å²) in [6.45, 7) is 9.04. The van der Waals surface area contributed by atoms with E-state index in [1.165, 1.54) is 0 Å². The Bertz CT molecular complexity index is 567. The first-order valence-corrected chi connectivity index (χ1v) is 8.67. The minimum atomic E-state index is 0.0535. The van der Waals surface area contributed by atoms with Crippen molar-refractivity contribution >= 4 is 11.9 Å². The molecule has 1 aliphatic rings. The molecule has 1 saturated heterocycles. The van der Waals surface area contributed by atoms with Gasteiger partial charge in [0.1, 0.15) is 12.2 Å². The van der Waals surface area contributed by atoms with E-state index in [1.807, 2.05) is 23.3 Å². The summed E-state index contributed by atoms with van der Waals surface area (Å²) in [4.78, 5) is 18.2. The van der Waals surface area contributed by atoms with Crippen molar-refractivity contribution < 1.29 is 4.79 Å². The highest BCUT2D eigenvalue weighted by molar-refractivity contribution is 5.81. The van der Waals surface area contributed by atoms with E-state index in [-0.39, 0.29) is 17.9 Å². The molecule has 1 unspecified atom stereocenters. The van der Waals surface area contributed by atoms with Crippen molar-refractivity contribution in [2.75, 3.05) is 26.7 Å². The zero-order valence-corrected chi connectivity index (χ0v) is 15.1. The molecule has 1 aromatic rings. The highest BCUT2D eigenvalue weighted by atomic mass is 16.2. The highest BCUT2D eigenvalue weighted by Crippen LogP contribution is 2.12. The van der Waals surface area contributed by atoms with Gasteiger partial charge >= 0.3 is 0 Å². The van der Waals surface area contributed by atoms with Gasteiger partial charge < -0.3 is 20.1 Å². The van der Waals surface area contributed by atoms with E-state index >= 15 is 0 Å². The summed E-state index contributed by atoms with van der Waals surface area (Å²) in [6, 6.07) is 0.250. The minimum absolute atomic E-state index is 0.0535. The molecule has 0 aromatic carbocycles. The molecule has 0 aliphatic carbocycles. The molecule has 0 saturated carbocycles. The Morgan fingerprint density at radius 3 is 2.96 bits per heavy atom. The van der Waals surface area contributed by atoms with Crippen LogP contribution in [0.1, 0.15) is 33.0 Å². The molecular formula is C16H29N7O. The maximum absolute atomic E-state index is 12.0. The SMILES string of the molecule is CCc1nncn1CCNC(=NC)NC1CCN(C(=O)C(C)C)C1. The van der Waals surface area contributed by atoms with Gasteiger partial charge in [-0.15, -0.1) is 10.2 Å². The van der Waals surface area contributed by atoms with E-state index < -0.39 is 0 Å². The molecule has 0 radical (unpaired) electrons. The number of hydrogen-bond acceptors (Lipinski definition) is 4. The van der Waals surface area contributed by atoms with Crippen molar-refractivity contribution in [2.45, 2.75) is 46.2 Å². The van der Waals surface area contributed by atoms with Gasteiger partial charge in [0.25, 0.3) is 0 Å². The Hall–Kier alpha value is -2.12. The van der Waals surface area contributed by atoms with Crippen LogP contribution in [-0.2, 0) is 17.8 Å². The first kappa shape index (κ1) is 18.2. The first-order valence-electron chi connectivity index (χ1n) is 8.67. The zero-order valence-electron chi connectivity index (χ0n) is 15.1. The van der Waals surface area contributed by atoms with Crippen LogP contribution in [0, 0.1) is 5.92 Å². The van der Waals surface area contributed by atoms with Gasteiger partial charge in [0, 0.05) is 51.6 Å². The van der Waals surface area contributed by atoms with Gasteiger partial charge in [-0.05, 0) is 6.42 Å². The monoisotopic (exact) mass is 335 g/mol. The van der Waals surface area contributed by atoms with E-state index in [0.717, 1.165) is 50.8 Å². The summed E-state index contributed by atoms with van der Waals surface area (Å²) in [5.74, 6) is 2.03. The lowest BCUT2D eigenvalue weighted by Gasteiger charge is -2.20. The molecule has 1 atom stereocenters. The Kier molecular flexibility index (Phi) is 6.57. The molecule has 134 valence electrons. The van der Waals surface area contributed by atoms with Gasteiger partial charge in [-0.2, -0.15) is 0 Å². The summed E-state index contributed by atoms with van der Waals surface area (Å²) in [7, 11) is 1.76. The Morgan fingerprint density at radius 2 is 2.29 bits per heavy atom. The van der Waals surface area contributed by atoms with Crippen LogP contribution in [0.3, 0.4) is 0 Å². The number of nitrogens with one attached hydrogen (secondary N) is 2. The second-order valence-corrected chi connectivity index (χ2v) is 6.36. The molecular weight excluding hydrogens is 306 g/mol. The molecule has 0 bridgehead atoms. The Morgan fingerprint density at radius 1 is 1.50 bits per heavy atom. The van der Waals surface area contributed by atoms with Gasteiger partial charge in [-0.3, -0.25) is 9.79 Å². The number of nitrogens with zero attached hydrogens (tertiary/aromatic N) is 5. The third-order valence-corrected chi connectivity index (χ3v) is 4.22. The molecule has 8 heteroatoms. The van der Waals surface area contributed by atoms with E-state index in [1.54, 1.807) is 13.4 Å². The average Bonchev–Trinajstić information content (AvgIpc) is 3.21. The first-order chi connectivity index (χ1) is 11.5. The predicted octanol–water partition coefficient (Wildman–Crippen LogP) is 0.262. The van der Waals surface area contributed by atoms with Crippen molar-refractivity contribution in [1.82, 2.24) is 30.3 Å². The van der Waals surface area contributed by atoms with Crippen molar-refractivity contribution in [3.63, 3.8) is 0 Å². The number of carbonyl (C=O) groups is 1. The van der Waals surface area contributed by atoms with Gasteiger partial charge in [0.15, 0.2) is 5.96 Å². The number of rotatable bonds is 6. The predicted molar refractivity (Wildman–Crippen MR) is 93.7 cm³/mol. The third kappa shape index (κ3) is 4.69. The van der Waals surface area contributed by atoms with Crippen LogP contribution in [0.5, 0.6) is 0 Å². The number of likely N-dealkylation sites (tertiary alicyclic amines) is 1. The summed E-state index contributed by atoms with van der Waals surface area (Å²) in [5.41, 5.74) is 0. The van der Waals surface area contributed by atoms with Crippen LogP contribution in [0.25, 0.3) is 0 Å². The number of aromatic nitrogens is 3. The van der Waals surface area contributed by atoms with Gasteiger partial charge in [0.05, 0.1) is 0 Å². The van der Waals surface area contributed by atoms with Crippen LogP contribution in [0.4, 0.5) is 0 Å². The summed E-state index contributed by atoms with van der Waals surface area (Å²) in [6.07, 6.45) is 3.57. The minimum Gasteiger partial charge on any atom is -0.355 e. The molecule has 1 fully saturated rings. The number of guanidine groups is 1. The van der Waals surface area contributed by atoms with E-state index in [9.17, 15) is 4.79 Å². The lowest BCUT2D eigenvalue weighted by atomic mass is 10.2. The topological polar surface area (TPSA) is 87.4 Å². The second-order valence-electron chi connectivity index (χ2n) is 6.36. The molecule has 2 rings (SSSR count). The van der Waals surface area contributed by atoms with Crippen LogP contribution in [0.15, 0.2) is 11.3 Å². The van der Waals surface area contributed by atoms with Crippen LogP contribution in [-0.4, -0.2) is 64.3 Å². The van der Waals surface area contributed by atoms with Crippen LogP contribution < -0.4 is 10.6 Å². The maximum Gasteiger partial charge on any atom is 0.225 e. The molecule has 0 spiro atoms. The standard InChI is InChI=1S/C16H29N7O/c1-5-14-21-19-11-23(14)9-7-18-16(17-4)20-13-6-8-22(10-13)15(24)12(2)3/h11-13H,5-10H2,1-4H3,(H2,17,18,20). The van der Waals surface area contributed by atoms with Gasteiger partial charge in [-0.25, -0.2) is 0 Å². The lowest BCUT2D eigenvalue weighted by molar-refractivity contribution is -0.133. The van der Waals surface area contributed by atoms with Crippen molar-refractivity contribution in [1.29, 1.82) is 0 Å². The van der Waals surface area contributed by atoms with Crippen LogP contribution >= 0.6 is 0 Å². The summed E-state index contributed by atoms with van der Waals surface area (Å²) in [5, 5.41) is 14.7. The number of aryl methyl sites for hydroxylation is 1. The molecule has 1 aromatic heterocycles. The fourth-order valence-electron chi connectivity index (χ4n) is 2.87. The summed E-state index contributed by atoms with van der Waals surface area (Å²) >= 11 is 0. The second kappa shape index (κ2) is 8.65. The number of aliphatic imine (C=N–C) groups is 1. The summed E-state index contributed by atoms with van der Waals surface area (Å²) < 4.78 is 2.04. The molecule has 1 aliphatic heterocycles. The zero-order chi connectivity index (χ0) is 17.5. The highest BCUT2D eigenvalue weighted by Gasteiger charge is 2.27. The fourth-order valence-corrected chi connectivity index (χ4v) is 2.87. The third-order valence-electron chi connectivity index (χ3n) is 4.22. The molecule has 24 heavy (non-hydrogen) atoms. The smallest absolute Gasteiger partial charge is 0.225 e. The molecule has 1 amide bonds. The fraction of sp³-hybridized carbons (Fsp3) is 0.750. The molecule has 8 nitrogen and oxygen atoms in total. The molecule has 2 heterocycles. The largest absolute Gasteiger partial charge is 0.355 e. The van der Waals surface area contributed by atoms with Crippen molar-refractivity contribution in [3.05, 3.63) is 12.2 Å². The number of amides is 1. The Labute approximate surface area is 143 Å². The quantitative estimate of drug-likeness (QED) is 0.575. The lowest BCUT2D eigenvalue weighted by Crippen LogP contribution is -2.46. The van der Waals surface area contributed by atoms with E-state index in [0.29, 0.717) is 0 Å². The van der Waals surface area contributed by atoms with E-state index in [4.69, 9.17) is 0 Å². The van der Waals surface area contributed by atoms with Crippen molar-refractivity contribution in [3.8, 4) is 0 Å². The average molecular weight is 335 g/mol. The number of carbonyl (C=O) groups excluding carboxylic acids is 1. The number of hydrogen-bond donors (Lipinski definition) is 2. The normalized spacial score (nSPS) is 18.3. The molecule has 2 N–H and O–H groups in total. The van der Waals surface area contributed by atoms with E-state index in [2.05, 4.69) is 32.7 Å². The van der Waals surface area contributed by atoms with Crippen LogP contribution in [0.2, 0.25) is 0 Å². The maximum atomic E-state index is 12.0.